The summed E-state index contributed by atoms with van der Waals surface area (Å²) in [6.45, 7) is 3.82. The number of hydrogen-bond acceptors (Lipinski definition) is 2. The first kappa shape index (κ1) is 14.6. The smallest absolute Gasteiger partial charge is 0.324 e. The molecule has 2 aromatic rings. The van der Waals surface area contributed by atoms with Crippen molar-refractivity contribution in [2.75, 3.05) is 0 Å². The van der Waals surface area contributed by atoms with Crippen LogP contribution < -0.4 is 0 Å². The van der Waals surface area contributed by atoms with Crippen LogP contribution in [-0.4, -0.2) is 11.1 Å². The van der Waals surface area contributed by atoms with Gasteiger partial charge in [-0.15, -0.1) is 0 Å². The number of rotatable bonds is 4. The average molecular weight is 281 g/mol. The summed E-state index contributed by atoms with van der Waals surface area (Å²) in [5, 5.41) is 13.4. The molecule has 0 saturated heterocycles. The third-order valence-corrected chi connectivity index (χ3v) is 3.44. The normalized spacial score (nSPS) is 10.8. The van der Waals surface area contributed by atoms with Crippen LogP contribution in [0.25, 0.3) is 10.4 Å². The zero-order valence-corrected chi connectivity index (χ0v) is 11.8. The molecule has 0 radical (unpaired) electrons. The summed E-state index contributed by atoms with van der Waals surface area (Å²) in [7, 11) is 0. The van der Waals surface area contributed by atoms with Gasteiger partial charge in [0.2, 0.25) is 0 Å². The van der Waals surface area contributed by atoms with E-state index in [4.69, 9.17) is 5.53 Å². The lowest BCUT2D eigenvalue weighted by Gasteiger charge is -2.25. The van der Waals surface area contributed by atoms with Gasteiger partial charge in [-0.3, -0.25) is 4.79 Å². The first-order chi connectivity index (χ1) is 10.0. The highest BCUT2D eigenvalue weighted by molar-refractivity contribution is 5.85. The third-order valence-electron chi connectivity index (χ3n) is 3.44. The molecule has 21 heavy (non-hydrogen) atoms. The van der Waals surface area contributed by atoms with Crippen LogP contribution in [0.2, 0.25) is 0 Å². The molecule has 5 nitrogen and oxygen atoms in total. The summed E-state index contributed by atoms with van der Waals surface area (Å²) in [5.74, 6) is -1.20. The molecule has 0 aliphatic heterocycles. The van der Waals surface area contributed by atoms with E-state index in [0.29, 0.717) is 11.1 Å². The molecule has 1 N–H and O–H groups in total. The molecule has 0 heterocycles. The monoisotopic (exact) mass is 281 g/mol. The fourth-order valence-corrected chi connectivity index (χ4v) is 2.23. The molecule has 0 aliphatic carbocycles. The highest BCUT2D eigenvalue weighted by atomic mass is 16.4. The fraction of sp³-hybridized carbons (Fsp3) is 0.188. The van der Waals surface area contributed by atoms with E-state index in [9.17, 15) is 9.90 Å². The van der Waals surface area contributed by atoms with Crippen molar-refractivity contribution in [1.29, 1.82) is 0 Å². The zero-order chi connectivity index (χ0) is 15.5. The Kier molecular flexibility index (Phi) is 3.96. The summed E-state index contributed by atoms with van der Waals surface area (Å²) in [6.07, 6.45) is 0. The summed E-state index contributed by atoms with van der Waals surface area (Å²) in [5.41, 5.74) is 9.99. The number of benzene rings is 2. The predicted molar refractivity (Wildman–Crippen MR) is 79.9 cm³/mol. The molecule has 0 atom stereocenters. The topological polar surface area (TPSA) is 86.1 Å². The van der Waals surface area contributed by atoms with E-state index < -0.39 is 11.5 Å². The van der Waals surface area contributed by atoms with Gasteiger partial charge in [0.1, 0.15) is 0 Å². The van der Waals surface area contributed by atoms with Crippen LogP contribution in [0, 0.1) is 13.8 Å². The van der Waals surface area contributed by atoms with Crippen molar-refractivity contribution in [3.63, 3.8) is 0 Å². The minimum Gasteiger partial charge on any atom is -0.480 e. The van der Waals surface area contributed by atoms with Crippen LogP contribution >= 0.6 is 0 Å². The maximum absolute atomic E-state index is 11.9. The van der Waals surface area contributed by atoms with Gasteiger partial charge in [-0.05, 0) is 30.5 Å². The van der Waals surface area contributed by atoms with E-state index in [0.717, 1.165) is 11.1 Å². The van der Waals surface area contributed by atoms with Crippen molar-refractivity contribution < 1.29 is 9.90 Å². The summed E-state index contributed by atoms with van der Waals surface area (Å²) < 4.78 is 0. The lowest BCUT2D eigenvalue weighted by atomic mass is 9.83. The second-order valence-electron chi connectivity index (χ2n) is 4.94. The van der Waals surface area contributed by atoms with Gasteiger partial charge in [-0.2, -0.15) is 0 Å². The molecule has 0 aliphatic rings. The second-order valence-corrected chi connectivity index (χ2v) is 4.94. The van der Waals surface area contributed by atoms with Crippen molar-refractivity contribution in [3.05, 3.63) is 81.2 Å². The highest BCUT2D eigenvalue weighted by Crippen LogP contribution is 2.35. The van der Waals surface area contributed by atoms with Crippen molar-refractivity contribution in [2.24, 2.45) is 5.11 Å². The zero-order valence-electron chi connectivity index (χ0n) is 11.8. The summed E-state index contributed by atoms with van der Waals surface area (Å²) in [4.78, 5) is 14.7. The summed E-state index contributed by atoms with van der Waals surface area (Å²) >= 11 is 0. The molecule has 106 valence electrons. The van der Waals surface area contributed by atoms with Gasteiger partial charge in [-0.1, -0.05) is 64.8 Å². The van der Waals surface area contributed by atoms with Crippen molar-refractivity contribution in [2.45, 2.75) is 19.4 Å². The molecular weight excluding hydrogens is 266 g/mol. The van der Waals surface area contributed by atoms with Crippen molar-refractivity contribution in [1.82, 2.24) is 0 Å². The number of aliphatic carboxylic acids is 1. The summed E-state index contributed by atoms with van der Waals surface area (Å²) in [6, 6.07) is 13.9. The van der Waals surface area contributed by atoms with E-state index in [1.54, 1.807) is 48.5 Å². The van der Waals surface area contributed by atoms with Gasteiger partial charge in [-0.25, -0.2) is 0 Å². The SMILES string of the molecule is Cc1ccc(C(N=[N+]=[N-])(C(=O)O)c2ccc(C)cc2)cc1. The molecule has 0 unspecified atom stereocenters. The quantitative estimate of drug-likeness (QED) is 0.522. The van der Waals surface area contributed by atoms with E-state index >= 15 is 0 Å². The van der Waals surface area contributed by atoms with Gasteiger partial charge < -0.3 is 5.11 Å². The third kappa shape index (κ3) is 2.59. The van der Waals surface area contributed by atoms with E-state index in [-0.39, 0.29) is 0 Å². The molecule has 0 bridgehead atoms. The molecule has 5 heteroatoms. The van der Waals surface area contributed by atoms with Crippen LogP contribution in [0.5, 0.6) is 0 Å². The lowest BCUT2D eigenvalue weighted by molar-refractivity contribution is -0.142. The Morgan fingerprint density at radius 1 is 1.00 bits per heavy atom. The van der Waals surface area contributed by atoms with E-state index in [1.807, 2.05) is 13.8 Å². The number of carbonyl (C=O) groups is 1. The Morgan fingerprint density at radius 3 is 1.67 bits per heavy atom. The number of aryl methyl sites for hydroxylation is 2. The van der Waals surface area contributed by atoms with Gasteiger partial charge in [0.15, 0.2) is 5.54 Å². The van der Waals surface area contributed by atoms with Crippen LogP contribution in [0.1, 0.15) is 22.3 Å². The minimum atomic E-state index is -1.75. The Morgan fingerprint density at radius 2 is 1.38 bits per heavy atom. The predicted octanol–water partition coefficient (Wildman–Crippen LogP) is 3.94. The van der Waals surface area contributed by atoms with Crippen LogP contribution in [-0.2, 0) is 10.3 Å². The van der Waals surface area contributed by atoms with Crippen molar-refractivity contribution in [3.8, 4) is 0 Å². The molecule has 0 fully saturated rings. The van der Waals surface area contributed by atoms with Gasteiger partial charge in [0, 0.05) is 4.91 Å². The number of hydrogen-bond donors (Lipinski definition) is 1. The molecule has 0 aromatic heterocycles. The molecule has 0 saturated carbocycles. The Bertz CT molecular complexity index is 650. The Labute approximate surface area is 122 Å². The largest absolute Gasteiger partial charge is 0.480 e. The molecular formula is C16H15N3O2. The molecule has 0 amide bonds. The van der Waals surface area contributed by atoms with E-state index in [2.05, 4.69) is 10.0 Å². The Hall–Kier alpha value is -2.78. The standard InChI is InChI=1S/C16H15N3O2/c1-11-3-7-13(8-4-11)16(15(20)21,18-19-17)14-9-5-12(2)6-10-14/h3-10H,1-2H3,(H,20,21). The van der Waals surface area contributed by atoms with Crippen LogP contribution in [0.15, 0.2) is 53.6 Å². The fourth-order valence-electron chi connectivity index (χ4n) is 2.23. The molecule has 2 rings (SSSR count). The second kappa shape index (κ2) is 5.69. The minimum absolute atomic E-state index is 0.433. The van der Waals surface area contributed by atoms with Crippen molar-refractivity contribution >= 4 is 5.97 Å². The van der Waals surface area contributed by atoms with Crippen LogP contribution in [0.3, 0.4) is 0 Å². The average Bonchev–Trinajstić information content (AvgIpc) is 2.46. The van der Waals surface area contributed by atoms with Gasteiger partial charge in [0.05, 0.1) is 0 Å². The number of nitrogens with zero attached hydrogens (tertiary/aromatic N) is 3. The maximum atomic E-state index is 11.9. The molecule has 2 aromatic carbocycles. The van der Waals surface area contributed by atoms with Gasteiger partial charge in [0.25, 0.3) is 0 Å². The number of azide groups is 1. The maximum Gasteiger partial charge on any atom is 0.324 e. The van der Waals surface area contributed by atoms with E-state index in [1.165, 1.54) is 0 Å². The highest BCUT2D eigenvalue weighted by Gasteiger charge is 2.41. The first-order valence-corrected chi connectivity index (χ1v) is 6.44. The first-order valence-electron chi connectivity index (χ1n) is 6.44. The van der Waals surface area contributed by atoms with Gasteiger partial charge >= 0.3 is 5.97 Å². The number of carboxylic acid groups (broad SMARTS) is 1. The number of carboxylic acids is 1. The lowest BCUT2D eigenvalue weighted by Crippen LogP contribution is -2.34. The molecule has 0 spiro atoms. The Balaban J connectivity index is 2.74. The van der Waals surface area contributed by atoms with Crippen LogP contribution in [0.4, 0.5) is 0 Å².